The summed E-state index contributed by atoms with van der Waals surface area (Å²) in [7, 11) is -3.86. The maximum atomic E-state index is 10.8. The van der Waals surface area contributed by atoms with Gasteiger partial charge in [-0.1, -0.05) is 57.9 Å². The molecule has 1 aliphatic carbocycles. The SMILES string of the molecule is CC(C)(C)c1ccc(CC2(NCCCS(=O)(=O)O)CCCC2)cc1. The van der Waals surface area contributed by atoms with Crippen LogP contribution in [0.3, 0.4) is 0 Å². The molecule has 24 heavy (non-hydrogen) atoms. The maximum absolute atomic E-state index is 10.8. The van der Waals surface area contributed by atoms with E-state index in [-0.39, 0.29) is 16.7 Å². The first-order chi connectivity index (χ1) is 11.1. The van der Waals surface area contributed by atoms with Crippen molar-refractivity contribution >= 4 is 10.1 Å². The van der Waals surface area contributed by atoms with Crippen LogP contribution in [0.4, 0.5) is 0 Å². The first-order valence-corrected chi connectivity index (χ1v) is 10.5. The van der Waals surface area contributed by atoms with Gasteiger partial charge in [0.2, 0.25) is 0 Å². The molecule has 0 heterocycles. The lowest BCUT2D eigenvalue weighted by atomic mass is 9.84. The second-order valence-electron chi connectivity index (χ2n) is 8.18. The van der Waals surface area contributed by atoms with Gasteiger partial charge in [0.15, 0.2) is 0 Å². The molecule has 0 aliphatic heterocycles. The molecule has 0 aromatic heterocycles. The number of benzene rings is 1. The van der Waals surface area contributed by atoms with E-state index < -0.39 is 10.1 Å². The van der Waals surface area contributed by atoms with Gasteiger partial charge in [0.1, 0.15) is 0 Å². The molecular weight excluding hydrogens is 322 g/mol. The molecule has 0 atom stereocenters. The lowest BCUT2D eigenvalue weighted by Crippen LogP contribution is -2.45. The van der Waals surface area contributed by atoms with Crippen molar-refractivity contribution in [2.45, 2.75) is 70.3 Å². The van der Waals surface area contributed by atoms with Crippen LogP contribution in [0.2, 0.25) is 0 Å². The summed E-state index contributed by atoms with van der Waals surface area (Å²) in [5, 5.41) is 3.59. The Morgan fingerprint density at radius 1 is 1.12 bits per heavy atom. The van der Waals surface area contributed by atoms with Gasteiger partial charge in [-0.15, -0.1) is 0 Å². The summed E-state index contributed by atoms with van der Waals surface area (Å²) < 4.78 is 30.5. The van der Waals surface area contributed by atoms with E-state index in [0.29, 0.717) is 13.0 Å². The average Bonchev–Trinajstić information content (AvgIpc) is 2.91. The first kappa shape index (κ1) is 19.4. The predicted molar refractivity (Wildman–Crippen MR) is 99.1 cm³/mol. The highest BCUT2D eigenvalue weighted by molar-refractivity contribution is 7.85. The van der Waals surface area contributed by atoms with Crippen LogP contribution in [0, 0.1) is 0 Å². The van der Waals surface area contributed by atoms with Gasteiger partial charge >= 0.3 is 0 Å². The molecule has 0 bridgehead atoms. The predicted octanol–water partition coefficient (Wildman–Crippen LogP) is 3.71. The van der Waals surface area contributed by atoms with Gasteiger partial charge in [-0.2, -0.15) is 8.42 Å². The van der Waals surface area contributed by atoms with Crippen LogP contribution in [-0.4, -0.2) is 30.8 Å². The molecule has 1 aliphatic rings. The summed E-state index contributed by atoms with van der Waals surface area (Å²) in [5.74, 6) is -0.170. The summed E-state index contributed by atoms with van der Waals surface area (Å²) >= 11 is 0. The number of nitrogens with one attached hydrogen (secondary N) is 1. The van der Waals surface area contributed by atoms with E-state index in [9.17, 15) is 8.42 Å². The molecule has 0 amide bonds. The summed E-state index contributed by atoms with van der Waals surface area (Å²) in [4.78, 5) is 0. The van der Waals surface area contributed by atoms with Crippen LogP contribution < -0.4 is 5.32 Å². The van der Waals surface area contributed by atoms with Crippen LogP contribution >= 0.6 is 0 Å². The fourth-order valence-electron chi connectivity index (χ4n) is 3.59. The van der Waals surface area contributed by atoms with Crippen molar-refractivity contribution < 1.29 is 13.0 Å². The van der Waals surface area contributed by atoms with E-state index in [1.54, 1.807) is 0 Å². The van der Waals surface area contributed by atoms with E-state index in [1.165, 1.54) is 24.0 Å². The zero-order chi connectivity index (χ0) is 17.8. The molecule has 1 fully saturated rings. The van der Waals surface area contributed by atoms with E-state index in [0.717, 1.165) is 19.3 Å². The second kappa shape index (κ2) is 7.54. The highest BCUT2D eigenvalue weighted by Gasteiger charge is 2.33. The molecule has 0 radical (unpaired) electrons. The molecule has 1 aromatic rings. The lowest BCUT2D eigenvalue weighted by molar-refractivity contribution is 0.329. The van der Waals surface area contributed by atoms with Gasteiger partial charge in [0.25, 0.3) is 10.1 Å². The average molecular weight is 354 g/mol. The van der Waals surface area contributed by atoms with Crippen LogP contribution in [0.1, 0.15) is 64.0 Å². The molecule has 1 aromatic carbocycles. The number of hydrogen-bond acceptors (Lipinski definition) is 3. The molecular formula is C19H31NO3S. The standard InChI is InChI=1S/C19H31NO3S/c1-18(2,3)17-9-7-16(8-10-17)15-19(11-4-5-12-19)20-13-6-14-24(21,22)23/h7-10,20H,4-6,11-15H2,1-3H3,(H,21,22,23). The second-order valence-corrected chi connectivity index (χ2v) is 9.75. The molecule has 0 unspecified atom stereocenters. The topological polar surface area (TPSA) is 66.4 Å². The smallest absolute Gasteiger partial charge is 0.264 e. The zero-order valence-corrected chi connectivity index (χ0v) is 16.0. The summed E-state index contributed by atoms with van der Waals surface area (Å²) in [6.07, 6.45) is 6.10. The highest BCUT2D eigenvalue weighted by Crippen LogP contribution is 2.33. The minimum atomic E-state index is -3.86. The van der Waals surface area contributed by atoms with Crippen molar-refractivity contribution in [2.75, 3.05) is 12.3 Å². The quantitative estimate of drug-likeness (QED) is 0.579. The Hall–Kier alpha value is -0.910. The molecule has 4 nitrogen and oxygen atoms in total. The largest absolute Gasteiger partial charge is 0.311 e. The summed E-state index contributed by atoms with van der Waals surface area (Å²) in [5.41, 5.74) is 2.90. The van der Waals surface area contributed by atoms with Gasteiger partial charge in [0, 0.05) is 5.54 Å². The Morgan fingerprint density at radius 2 is 1.71 bits per heavy atom. The Bertz CT molecular complexity index is 624. The molecule has 2 N–H and O–H groups in total. The normalized spacial score (nSPS) is 18.0. The van der Waals surface area contributed by atoms with Crippen molar-refractivity contribution in [3.63, 3.8) is 0 Å². The third-order valence-corrected chi connectivity index (χ3v) is 5.81. The van der Waals surface area contributed by atoms with Gasteiger partial charge in [-0.3, -0.25) is 4.55 Å². The van der Waals surface area contributed by atoms with Crippen molar-refractivity contribution in [1.29, 1.82) is 0 Å². The van der Waals surface area contributed by atoms with Crippen LogP contribution in [0.15, 0.2) is 24.3 Å². The van der Waals surface area contributed by atoms with Gasteiger partial charge in [0.05, 0.1) is 5.75 Å². The Balaban J connectivity index is 1.97. The summed E-state index contributed by atoms with van der Waals surface area (Å²) in [6, 6.07) is 8.88. The Morgan fingerprint density at radius 3 is 2.21 bits per heavy atom. The number of hydrogen-bond donors (Lipinski definition) is 2. The van der Waals surface area contributed by atoms with Crippen molar-refractivity contribution in [3.8, 4) is 0 Å². The monoisotopic (exact) mass is 353 g/mol. The molecule has 1 saturated carbocycles. The maximum Gasteiger partial charge on any atom is 0.264 e. The van der Waals surface area contributed by atoms with Gasteiger partial charge in [-0.25, -0.2) is 0 Å². The van der Waals surface area contributed by atoms with Crippen molar-refractivity contribution in [1.82, 2.24) is 5.32 Å². The molecule has 136 valence electrons. The molecule has 0 spiro atoms. The van der Waals surface area contributed by atoms with E-state index >= 15 is 0 Å². The van der Waals surface area contributed by atoms with E-state index in [4.69, 9.17) is 4.55 Å². The lowest BCUT2D eigenvalue weighted by Gasteiger charge is -2.31. The van der Waals surface area contributed by atoms with Crippen molar-refractivity contribution in [2.24, 2.45) is 0 Å². The molecule has 2 rings (SSSR count). The fraction of sp³-hybridized carbons (Fsp3) is 0.684. The molecule has 5 heteroatoms. The fourth-order valence-corrected chi connectivity index (χ4v) is 4.10. The minimum Gasteiger partial charge on any atom is -0.311 e. The highest BCUT2D eigenvalue weighted by atomic mass is 32.2. The first-order valence-electron chi connectivity index (χ1n) is 8.89. The molecule has 0 saturated heterocycles. The zero-order valence-electron chi connectivity index (χ0n) is 15.1. The third-order valence-electron chi connectivity index (χ3n) is 5.00. The van der Waals surface area contributed by atoms with Gasteiger partial charge < -0.3 is 5.32 Å². The minimum absolute atomic E-state index is 0.0719. The Kier molecular flexibility index (Phi) is 6.10. The third kappa shape index (κ3) is 5.87. The Labute approximate surface area is 146 Å². The van der Waals surface area contributed by atoms with E-state index in [2.05, 4.69) is 50.4 Å². The van der Waals surface area contributed by atoms with Crippen LogP contribution in [0.5, 0.6) is 0 Å². The number of rotatable bonds is 7. The van der Waals surface area contributed by atoms with Crippen LogP contribution in [0.25, 0.3) is 0 Å². The van der Waals surface area contributed by atoms with E-state index in [1.807, 2.05) is 0 Å². The van der Waals surface area contributed by atoms with Crippen molar-refractivity contribution in [3.05, 3.63) is 35.4 Å². The van der Waals surface area contributed by atoms with Gasteiger partial charge in [-0.05, 0) is 48.8 Å². The van der Waals surface area contributed by atoms with Crippen LogP contribution in [-0.2, 0) is 22.0 Å². The summed E-state index contributed by atoms with van der Waals surface area (Å²) in [6.45, 7) is 7.28.